The first-order chi connectivity index (χ1) is 13.9. The lowest BCUT2D eigenvalue weighted by molar-refractivity contribution is -0.122. The van der Waals surface area contributed by atoms with Crippen LogP contribution >= 0.6 is 0 Å². The molecule has 1 amide bonds. The van der Waals surface area contributed by atoms with Gasteiger partial charge in [-0.15, -0.1) is 0 Å². The topological polar surface area (TPSA) is 73.6 Å². The van der Waals surface area contributed by atoms with Crippen LogP contribution in [0.1, 0.15) is 31.7 Å². The number of aromatic nitrogens is 1. The molecule has 1 aliphatic heterocycles. The Labute approximate surface area is 167 Å². The van der Waals surface area contributed by atoms with E-state index >= 15 is 0 Å². The summed E-state index contributed by atoms with van der Waals surface area (Å²) in [5.41, 5.74) is 1.08. The zero-order valence-electron chi connectivity index (χ0n) is 16.2. The second-order valence-electron chi connectivity index (χ2n) is 7.37. The first-order valence-corrected chi connectivity index (χ1v) is 9.32. The fraction of sp³-hybridized carbons (Fsp3) is 0.273. The molecule has 0 aliphatic carbocycles. The van der Waals surface area contributed by atoms with Crippen LogP contribution in [0.3, 0.4) is 0 Å². The Kier molecular flexibility index (Phi) is 4.96. The largest absolute Gasteiger partial charge is 0.454 e. The zero-order valence-corrected chi connectivity index (χ0v) is 16.2. The van der Waals surface area contributed by atoms with E-state index in [9.17, 15) is 9.18 Å². The highest BCUT2D eigenvalue weighted by molar-refractivity contribution is 5.77. The molecule has 0 saturated heterocycles. The predicted octanol–water partition coefficient (Wildman–Crippen LogP) is 4.19. The minimum atomic E-state index is -0.575. The van der Waals surface area contributed by atoms with Gasteiger partial charge in [-0.25, -0.2) is 9.37 Å². The van der Waals surface area contributed by atoms with Crippen molar-refractivity contribution in [2.45, 2.75) is 32.2 Å². The van der Waals surface area contributed by atoms with E-state index in [2.05, 4.69) is 10.3 Å². The number of aryl methyl sites for hydroxylation is 1. The number of ether oxygens (including phenoxy) is 2. The fourth-order valence-corrected chi connectivity index (χ4v) is 3.16. The molecule has 0 unspecified atom stereocenters. The summed E-state index contributed by atoms with van der Waals surface area (Å²) in [6, 6.07) is 11.6. The first-order valence-electron chi connectivity index (χ1n) is 9.32. The molecule has 4 rings (SSSR count). The van der Waals surface area contributed by atoms with Crippen molar-refractivity contribution in [3.8, 4) is 22.8 Å². The zero-order chi connectivity index (χ0) is 20.4. The molecule has 6 nitrogen and oxygen atoms in total. The number of halogens is 1. The molecule has 0 atom stereocenters. The van der Waals surface area contributed by atoms with Crippen LogP contribution in [0.2, 0.25) is 0 Å². The molecule has 1 N–H and O–H groups in total. The Morgan fingerprint density at radius 1 is 1.14 bits per heavy atom. The summed E-state index contributed by atoms with van der Waals surface area (Å²) in [6.07, 6.45) is 2.18. The summed E-state index contributed by atoms with van der Waals surface area (Å²) in [5.74, 6) is 1.96. The second-order valence-corrected chi connectivity index (χ2v) is 7.37. The minimum absolute atomic E-state index is 0.116. The number of carbonyl (C=O) groups excluding carboxylic acids is 1. The third-order valence-corrected chi connectivity index (χ3v) is 4.79. The molecule has 0 saturated carbocycles. The average Bonchev–Trinajstić information content (AvgIpc) is 3.35. The van der Waals surface area contributed by atoms with E-state index in [-0.39, 0.29) is 24.9 Å². The number of oxazole rings is 1. The molecule has 0 spiro atoms. The van der Waals surface area contributed by atoms with Gasteiger partial charge in [-0.1, -0.05) is 6.07 Å². The van der Waals surface area contributed by atoms with Crippen LogP contribution in [0.5, 0.6) is 11.5 Å². The number of carbonyl (C=O) groups is 1. The second kappa shape index (κ2) is 7.58. The van der Waals surface area contributed by atoms with Crippen molar-refractivity contribution < 1.29 is 23.1 Å². The van der Waals surface area contributed by atoms with Gasteiger partial charge >= 0.3 is 0 Å². The van der Waals surface area contributed by atoms with Gasteiger partial charge < -0.3 is 19.2 Å². The molecule has 2 heterocycles. The van der Waals surface area contributed by atoms with Gasteiger partial charge in [0.15, 0.2) is 23.1 Å². The van der Waals surface area contributed by atoms with Crippen LogP contribution in [0.25, 0.3) is 11.3 Å². The third-order valence-electron chi connectivity index (χ3n) is 4.79. The van der Waals surface area contributed by atoms with E-state index in [1.807, 2.05) is 32.0 Å². The van der Waals surface area contributed by atoms with E-state index in [1.54, 1.807) is 18.3 Å². The van der Waals surface area contributed by atoms with Gasteiger partial charge in [0, 0.05) is 18.4 Å². The number of rotatable bonds is 6. The molecule has 1 aliphatic rings. The Balaban J connectivity index is 1.35. The van der Waals surface area contributed by atoms with Crippen molar-refractivity contribution in [2.75, 3.05) is 6.79 Å². The van der Waals surface area contributed by atoms with Crippen molar-refractivity contribution >= 4 is 5.91 Å². The SMILES string of the molecule is CC(C)(NC(=O)CCc1ncc(-c2ccc(F)cc2)o1)c1ccc2c(c1)OCO2. The fourth-order valence-electron chi connectivity index (χ4n) is 3.16. The van der Waals surface area contributed by atoms with Gasteiger partial charge in [-0.2, -0.15) is 0 Å². The maximum atomic E-state index is 13.0. The number of benzene rings is 2. The van der Waals surface area contributed by atoms with E-state index in [0.717, 1.165) is 11.1 Å². The average molecular weight is 396 g/mol. The van der Waals surface area contributed by atoms with Crippen molar-refractivity contribution in [1.82, 2.24) is 10.3 Å². The van der Waals surface area contributed by atoms with Crippen molar-refractivity contribution in [3.05, 3.63) is 65.9 Å². The number of hydrogen-bond acceptors (Lipinski definition) is 5. The summed E-state index contributed by atoms with van der Waals surface area (Å²) in [5, 5.41) is 3.03. The maximum Gasteiger partial charge on any atom is 0.231 e. The number of nitrogens with zero attached hydrogens (tertiary/aromatic N) is 1. The van der Waals surface area contributed by atoms with Gasteiger partial charge in [0.05, 0.1) is 11.7 Å². The molecular weight excluding hydrogens is 375 g/mol. The van der Waals surface area contributed by atoms with E-state index in [0.29, 0.717) is 29.6 Å². The quantitative estimate of drug-likeness (QED) is 0.676. The van der Waals surface area contributed by atoms with E-state index in [4.69, 9.17) is 13.9 Å². The molecule has 29 heavy (non-hydrogen) atoms. The van der Waals surface area contributed by atoms with Crippen molar-refractivity contribution in [2.24, 2.45) is 0 Å². The molecule has 3 aromatic rings. The number of fused-ring (bicyclic) bond motifs is 1. The Morgan fingerprint density at radius 3 is 2.69 bits per heavy atom. The summed E-state index contributed by atoms with van der Waals surface area (Å²) in [6.45, 7) is 4.07. The van der Waals surface area contributed by atoms with Gasteiger partial charge in [0.2, 0.25) is 12.7 Å². The molecule has 0 bridgehead atoms. The summed E-state index contributed by atoms with van der Waals surface area (Å²) in [4.78, 5) is 16.7. The number of hydrogen-bond donors (Lipinski definition) is 1. The first kappa shape index (κ1) is 19.0. The highest BCUT2D eigenvalue weighted by Gasteiger charge is 2.25. The van der Waals surface area contributed by atoms with Crippen LogP contribution in [0, 0.1) is 5.82 Å². The van der Waals surface area contributed by atoms with E-state index in [1.165, 1.54) is 12.1 Å². The number of amides is 1. The van der Waals surface area contributed by atoms with Crippen molar-refractivity contribution in [1.29, 1.82) is 0 Å². The van der Waals surface area contributed by atoms with Crippen LogP contribution in [0.4, 0.5) is 4.39 Å². The lowest BCUT2D eigenvalue weighted by atomic mass is 9.93. The predicted molar refractivity (Wildman–Crippen MR) is 104 cm³/mol. The Bertz CT molecular complexity index is 1030. The lowest BCUT2D eigenvalue weighted by Gasteiger charge is -2.27. The lowest BCUT2D eigenvalue weighted by Crippen LogP contribution is -2.41. The monoisotopic (exact) mass is 396 g/mol. The Hall–Kier alpha value is -3.35. The highest BCUT2D eigenvalue weighted by Crippen LogP contribution is 2.35. The molecule has 150 valence electrons. The summed E-state index contributed by atoms with van der Waals surface area (Å²) in [7, 11) is 0. The summed E-state index contributed by atoms with van der Waals surface area (Å²) >= 11 is 0. The molecule has 1 aromatic heterocycles. The third kappa shape index (κ3) is 4.23. The Morgan fingerprint density at radius 2 is 1.90 bits per heavy atom. The van der Waals surface area contributed by atoms with Gasteiger partial charge in [-0.3, -0.25) is 4.79 Å². The normalized spacial score (nSPS) is 12.8. The smallest absolute Gasteiger partial charge is 0.231 e. The maximum absolute atomic E-state index is 13.0. The van der Waals surface area contributed by atoms with Crippen LogP contribution in [-0.2, 0) is 16.8 Å². The minimum Gasteiger partial charge on any atom is -0.454 e. The van der Waals surface area contributed by atoms with Gasteiger partial charge in [0.1, 0.15) is 5.82 Å². The molecule has 7 heteroatoms. The summed E-state index contributed by atoms with van der Waals surface area (Å²) < 4.78 is 29.5. The van der Waals surface area contributed by atoms with Crippen LogP contribution in [0.15, 0.2) is 53.1 Å². The molecular formula is C22H21FN2O4. The standard InChI is InChI=1S/C22H21FN2O4/c1-22(2,15-5-8-17-18(11-15)28-13-27-17)25-20(26)9-10-21-24-12-19(29-21)14-3-6-16(23)7-4-14/h3-8,11-12H,9-10,13H2,1-2H3,(H,25,26). The van der Waals surface area contributed by atoms with E-state index < -0.39 is 5.54 Å². The van der Waals surface area contributed by atoms with Crippen LogP contribution < -0.4 is 14.8 Å². The van der Waals surface area contributed by atoms with Gasteiger partial charge in [-0.05, 0) is 55.8 Å². The molecule has 0 radical (unpaired) electrons. The number of nitrogens with one attached hydrogen (secondary N) is 1. The molecule has 0 fully saturated rings. The van der Waals surface area contributed by atoms with Crippen molar-refractivity contribution in [3.63, 3.8) is 0 Å². The highest BCUT2D eigenvalue weighted by atomic mass is 19.1. The molecule has 2 aromatic carbocycles. The van der Waals surface area contributed by atoms with Gasteiger partial charge in [0.25, 0.3) is 0 Å². The van der Waals surface area contributed by atoms with Crippen LogP contribution in [-0.4, -0.2) is 17.7 Å².